The van der Waals surface area contributed by atoms with E-state index in [4.69, 9.17) is 14.2 Å². The summed E-state index contributed by atoms with van der Waals surface area (Å²) in [5, 5.41) is 16.4. The highest BCUT2D eigenvalue weighted by Crippen LogP contribution is 2.24. The summed E-state index contributed by atoms with van der Waals surface area (Å²) < 4.78 is 10.1. The first-order valence-corrected chi connectivity index (χ1v) is 5.74. The van der Waals surface area contributed by atoms with Crippen molar-refractivity contribution in [2.75, 3.05) is 0 Å². The molecule has 20 heavy (non-hydrogen) atoms. The molecule has 100 valence electrons. The third-order valence-electron chi connectivity index (χ3n) is 2.77. The summed E-state index contributed by atoms with van der Waals surface area (Å²) in [5.41, 5.74) is 1.34. The molecule has 0 atom stereocenters. The Bertz CT molecular complexity index is 775. The second kappa shape index (κ2) is 4.61. The Labute approximate surface area is 112 Å². The zero-order chi connectivity index (χ0) is 14.1. The molecule has 2 heterocycles. The number of carboxylic acid groups (broad SMARTS) is 1. The lowest BCUT2D eigenvalue weighted by molar-refractivity contribution is 0.0697. The van der Waals surface area contributed by atoms with Gasteiger partial charge in [-0.25, -0.2) is 4.79 Å². The first-order valence-electron chi connectivity index (χ1n) is 5.74. The third kappa shape index (κ3) is 2.05. The van der Waals surface area contributed by atoms with Gasteiger partial charge >= 0.3 is 5.97 Å². The van der Waals surface area contributed by atoms with E-state index in [1.54, 1.807) is 19.1 Å². The topological polar surface area (TPSA) is 102 Å². The fourth-order valence-electron chi connectivity index (χ4n) is 1.75. The molecule has 0 spiro atoms. The van der Waals surface area contributed by atoms with Crippen LogP contribution in [0.5, 0.6) is 0 Å². The molecule has 0 aliphatic rings. The molecule has 0 unspecified atom stereocenters. The largest absolute Gasteiger partial charge is 0.478 e. The Morgan fingerprint density at radius 2 is 2.15 bits per heavy atom. The fraction of sp³-hybridized carbons (Fsp3) is 0.0769. The van der Waals surface area contributed by atoms with Crippen molar-refractivity contribution < 1.29 is 18.9 Å². The SMILES string of the molecule is Cc1oncc1-c1nc(-c2cccc(C(=O)O)c2)no1. The van der Waals surface area contributed by atoms with E-state index >= 15 is 0 Å². The highest BCUT2D eigenvalue weighted by molar-refractivity contribution is 5.89. The van der Waals surface area contributed by atoms with Gasteiger partial charge < -0.3 is 14.2 Å². The molecule has 7 nitrogen and oxygen atoms in total. The molecule has 0 amide bonds. The molecular formula is C13H9N3O4. The molecule has 0 fully saturated rings. The van der Waals surface area contributed by atoms with Gasteiger partial charge in [-0.15, -0.1) is 0 Å². The van der Waals surface area contributed by atoms with Crippen molar-refractivity contribution in [1.29, 1.82) is 0 Å². The molecule has 3 aromatic rings. The molecule has 0 radical (unpaired) electrons. The van der Waals surface area contributed by atoms with Gasteiger partial charge in [0, 0.05) is 5.56 Å². The summed E-state index contributed by atoms with van der Waals surface area (Å²) >= 11 is 0. The second-order valence-electron chi connectivity index (χ2n) is 4.10. The van der Waals surface area contributed by atoms with Gasteiger partial charge in [0.25, 0.3) is 5.89 Å². The summed E-state index contributed by atoms with van der Waals surface area (Å²) in [4.78, 5) is 15.1. The molecular weight excluding hydrogens is 262 g/mol. The number of nitrogens with zero attached hydrogens (tertiary/aromatic N) is 3. The maximum atomic E-state index is 10.9. The van der Waals surface area contributed by atoms with Crippen molar-refractivity contribution >= 4 is 5.97 Å². The number of rotatable bonds is 3. The summed E-state index contributed by atoms with van der Waals surface area (Å²) in [7, 11) is 0. The summed E-state index contributed by atoms with van der Waals surface area (Å²) in [5.74, 6) is 0.146. The normalized spacial score (nSPS) is 10.7. The van der Waals surface area contributed by atoms with Crippen LogP contribution in [-0.2, 0) is 0 Å². The molecule has 1 aromatic carbocycles. The minimum atomic E-state index is -1.01. The summed E-state index contributed by atoms with van der Waals surface area (Å²) in [6, 6.07) is 6.31. The van der Waals surface area contributed by atoms with Crippen molar-refractivity contribution in [2.24, 2.45) is 0 Å². The minimum Gasteiger partial charge on any atom is -0.478 e. The Balaban J connectivity index is 2.00. The summed E-state index contributed by atoms with van der Waals surface area (Å²) in [6.07, 6.45) is 1.49. The Morgan fingerprint density at radius 3 is 2.85 bits per heavy atom. The van der Waals surface area contributed by atoms with Crippen LogP contribution in [-0.4, -0.2) is 26.4 Å². The number of aryl methyl sites for hydroxylation is 1. The molecule has 3 rings (SSSR count). The number of carboxylic acids is 1. The van der Waals surface area contributed by atoms with Crippen LogP contribution in [0.3, 0.4) is 0 Å². The van der Waals surface area contributed by atoms with Crippen LogP contribution in [0.4, 0.5) is 0 Å². The van der Waals surface area contributed by atoms with Gasteiger partial charge in [-0.1, -0.05) is 22.4 Å². The number of carbonyl (C=O) groups is 1. The molecule has 1 N–H and O–H groups in total. The Morgan fingerprint density at radius 1 is 1.30 bits per heavy atom. The van der Waals surface area contributed by atoms with E-state index in [9.17, 15) is 4.79 Å². The average molecular weight is 271 g/mol. The molecule has 0 aliphatic heterocycles. The average Bonchev–Trinajstić information content (AvgIpc) is 3.07. The number of hydrogen-bond acceptors (Lipinski definition) is 6. The molecule has 0 bridgehead atoms. The van der Waals surface area contributed by atoms with E-state index in [1.165, 1.54) is 18.3 Å². The predicted molar refractivity (Wildman–Crippen MR) is 66.9 cm³/mol. The molecule has 7 heteroatoms. The number of benzene rings is 1. The smallest absolute Gasteiger partial charge is 0.335 e. The van der Waals surface area contributed by atoms with E-state index in [0.29, 0.717) is 22.7 Å². The maximum Gasteiger partial charge on any atom is 0.335 e. The zero-order valence-electron chi connectivity index (χ0n) is 10.4. The quantitative estimate of drug-likeness (QED) is 0.780. The standard InChI is InChI=1S/C13H9N3O4/c1-7-10(6-14-19-7)12-15-11(16-20-12)8-3-2-4-9(5-8)13(17)18/h2-6H,1H3,(H,17,18). The number of hydrogen-bond donors (Lipinski definition) is 1. The van der Waals surface area contributed by atoms with Crippen LogP contribution in [0.1, 0.15) is 16.1 Å². The zero-order valence-corrected chi connectivity index (χ0v) is 10.4. The van der Waals surface area contributed by atoms with Crippen LogP contribution in [0, 0.1) is 6.92 Å². The van der Waals surface area contributed by atoms with Crippen molar-refractivity contribution in [2.45, 2.75) is 6.92 Å². The molecule has 0 aliphatic carbocycles. The van der Waals surface area contributed by atoms with Crippen molar-refractivity contribution in [3.8, 4) is 22.8 Å². The molecule has 2 aromatic heterocycles. The third-order valence-corrected chi connectivity index (χ3v) is 2.77. The fourth-order valence-corrected chi connectivity index (χ4v) is 1.75. The van der Waals surface area contributed by atoms with Crippen LogP contribution in [0.25, 0.3) is 22.8 Å². The van der Waals surface area contributed by atoms with Crippen molar-refractivity contribution in [3.05, 3.63) is 41.8 Å². The van der Waals surface area contributed by atoms with E-state index in [0.717, 1.165) is 0 Å². The van der Waals surface area contributed by atoms with Crippen molar-refractivity contribution in [1.82, 2.24) is 15.3 Å². The van der Waals surface area contributed by atoms with Crippen LogP contribution in [0.15, 0.2) is 39.5 Å². The van der Waals surface area contributed by atoms with Gasteiger partial charge in [-0.3, -0.25) is 0 Å². The Hall–Kier alpha value is -2.96. The van der Waals surface area contributed by atoms with Gasteiger partial charge in [-0.2, -0.15) is 4.98 Å². The monoisotopic (exact) mass is 271 g/mol. The van der Waals surface area contributed by atoms with Crippen LogP contribution in [0.2, 0.25) is 0 Å². The molecule has 0 saturated heterocycles. The highest BCUT2D eigenvalue weighted by Gasteiger charge is 2.16. The van der Waals surface area contributed by atoms with Gasteiger partial charge in [0.05, 0.1) is 11.8 Å². The first kappa shape index (κ1) is 12.1. The predicted octanol–water partition coefficient (Wildman–Crippen LogP) is 2.40. The van der Waals surface area contributed by atoms with E-state index in [2.05, 4.69) is 15.3 Å². The van der Waals surface area contributed by atoms with E-state index in [1.807, 2.05) is 0 Å². The van der Waals surface area contributed by atoms with E-state index < -0.39 is 5.97 Å². The molecule has 0 saturated carbocycles. The Kier molecular flexibility index (Phi) is 2.79. The second-order valence-corrected chi connectivity index (χ2v) is 4.10. The van der Waals surface area contributed by atoms with Crippen molar-refractivity contribution in [3.63, 3.8) is 0 Å². The highest BCUT2D eigenvalue weighted by atomic mass is 16.5. The van der Waals surface area contributed by atoms with E-state index in [-0.39, 0.29) is 11.5 Å². The van der Waals surface area contributed by atoms with Gasteiger partial charge in [0.1, 0.15) is 11.3 Å². The summed E-state index contributed by atoms with van der Waals surface area (Å²) in [6.45, 7) is 1.73. The number of aromatic carboxylic acids is 1. The maximum absolute atomic E-state index is 10.9. The van der Waals surface area contributed by atoms with Gasteiger partial charge in [0.2, 0.25) is 5.82 Å². The lowest BCUT2D eigenvalue weighted by Gasteiger charge is -1.96. The van der Waals surface area contributed by atoms with Crippen LogP contribution < -0.4 is 0 Å². The lowest BCUT2D eigenvalue weighted by Crippen LogP contribution is -1.96. The number of aromatic nitrogens is 3. The van der Waals surface area contributed by atoms with Gasteiger partial charge in [0.15, 0.2) is 0 Å². The first-order chi connectivity index (χ1) is 9.65. The lowest BCUT2D eigenvalue weighted by atomic mass is 10.1. The minimum absolute atomic E-state index is 0.162. The van der Waals surface area contributed by atoms with Gasteiger partial charge in [-0.05, 0) is 19.1 Å². The van der Waals surface area contributed by atoms with Crippen LogP contribution >= 0.6 is 0 Å².